The van der Waals surface area contributed by atoms with E-state index in [9.17, 15) is 52.7 Å². The summed E-state index contributed by atoms with van der Waals surface area (Å²) in [5.74, 6) is 0. The summed E-state index contributed by atoms with van der Waals surface area (Å²) in [7, 11) is -6.06. The van der Waals surface area contributed by atoms with E-state index in [0.717, 1.165) is 24.3 Å². The molecule has 0 amide bonds. The van der Waals surface area contributed by atoms with Crippen molar-refractivity contribution in [1.82, 2.24) is 0 Å². The van der Waals surface area contributed by atoms with E-state index in [1.807, 2.05) is 0 Å². The zero-order valence-corrected chi connectivity index (χ0v) is 15.1. The number of benzene rings is 1. The summed E-state index contributed by atoms with van der Waals surface area (Å²) in [6.07, 6.45) is -28.8. The van der Waals surface area contributed by atoms with Gasteiger partial charge in [-0.05, 0) is 0 Å². The predicted molar refractivity (Wildman–Crippen MR) is 76.7 cm³/mol. The average molecular weight is 470 g/mol. The van der Waals surface area contributed by atoms with Crippen molar-refractivity contribution in [2.24, 2.45) is 0 Å². The monoisotopic (exact) mass is 470 g/mol. The fourth-order valence-corrected chi connectivity index (χ4v) is 6.75. The summed E-state index contributed by atoms with van der Waals surface area (Å²) >= 11 is 0. The first-order valence-corrected chi connectivity index (χ1v) is 10.3. The molecule has 15 heteroatoms. The van der Waals surface area contributed by atoms with Crippen LogP contribution in [0.15, 0.2) is 30.3 Å². The molecular weight excluding hydrogens is 459 g/mol. The van der Waals surface area contributed by atoms with Crippen LogP contribution in [0.5, 0.6) is 0 Å². The molecule has 1 aromatic carbocycles. The van der Waals surface area contributed by atoms with Crippen molar-refractivity contribution in [2.75, 3.05) is 13.3 Å². The van der Waals surface area contributed by atoms with Gasteiger partial charge in [0.05, 0.1) is 0 Å². The first kappa shape index (κ1) is 24.0. The third kappa shape index (κ3) is 3.01. The molecule has 1 aromatic rings. The quantitative estimate of drug-likeness (QED) is 0.386. The van der Waals surface area contributed by atoms with Gasteiger partial charge in [-0.3, -0.25) is 0 Å². The number of rotatable bonds is 1. The van der Waals surface area contributed by atoms with E-state index < -0.39 is 48.3 Å². The van der Waals surface area contributed by atoms with Crippen molar-refractivity contribution >= 4 is 12.4 Å². The molecule has 1 heterocycles. The van der Waals surface area contributed by atoms with Gasteiger partial charge in [0.25, 0.3) is 0 Å². The second-order valence-corrected chi connectivity index (χ2v) is 11.4. The number of alkyl halides is 12. The number of hydrogen-bond donors (Lipinski definition) is 0. The molecule has 2 nitrogen and oxygen atoms in total. The zero-order chi connectivity index (χ0) is 23.0. The number of halogens is 12. The first-order valence-electron chi connectivity index (χ1n) is 7.32. The molecule has 0 spiro atoms. The summed E-state index contributed by atoms with van der Waals surface area (Å²) in [5.41, 5.74) is -13.5. The third-order valence-corrected chi connectivity index (χ3v) is 7.74. The van der Waals surface area contributed by atoms with E-state index in [4.69, 9.17) is 0 Å². The Labute approximate surface area is 154 Å². The van der Waals surface area contributed by atoms with Gasteiger partial charge in [0.15, 0.2) is 0 Å². The number of hydrogen-bond acceptors (Lipinski definition) is 2. The molecule has 0 aliphatic carbocycles. The van der Waals surface area contributed by atoms with Crippen LogP contribution in [0.4, 0.5) is 52.7 Å². The Kier molecular flexibility index (Phi) is 4.89. The van der Waals surface area contributed by atoms with Crippen LogP contribution in [0.2, 0.25) is 0 Å². The summed E-state index contributed by atoms with van der Waals surface area (Å²) in [6, 6.07) is 4.58. The van der Waals surface area contributed by atoms with Crippen LogP contribution < -0.4 is 5.30 Å². The van der Waals surface area contributed by atoms with Crippen molar-refractivity contribution in [1.29, 1.82) is 0 Å². The normalized spacial score (nSPS) is 25.2. The summed E-state index contributed by atoms with van der Waals surface area (Å²) < 4.78 is 171. The molecule has 0 N–H and O–H groups in total. The Morgan fingerprint density at radius 3 is 1.10 bits per heavy atom. The molecule has 0 saturated carbocycles. The van der Waals surface area contributed by atoms with Crippen molar-refractivity contribution in [3.63, 3.8) is 0 Å². The third-order valence-electron chi connectivity index (χ3n) is 4.38. The van der Waals surface area contributed by atoms with E-state index in [-0.39, 0.29) is 13.3 Å². The molecule has 0 bridgehead atoms. The van der Waals surface area contributed by atoms with E-state index in [1.165, 1.54) is 6.07 Å². The van der Waals surface area contributed by atoms with Crippen LogP contribution in [-0.4, -0.2) is 49.2 Å². The SMILES string of the molecule is CP1(C)(c2ccccc2)OC(C(F)(F)F)(C(F)(F)F)C(C(F)(F)F)(C(F)(F)F)O1. The second kappa shape index (κ2) is 5.91. The van der Waals surface area contributed by atoms with Gasteiger partial charge >= 0.3 is 154 Å². The molecule has 1 aliphatic heterocycles. The van der Waals surface area contributed by atoms with Gasteiger partial charge in [-0.25, -0.2) is 0 Å². The van der Waals surface area contributed by atoms with Gasteiger partial charge in [0, 0.05) is 0 Å². The maximum absolute atomic E-state index is 13.6. The van der Waals surface area contributed by atoms with Crippen molar-refractivity contribution < 1.29 is 61.7 Å². The summed E-state index contributed by atoms with van der Waals surface area (Å²) in [5, 5.41) is -0.813. The van der Waals surface area contributed by atoms with Crippen molar-refractivity contribution in [2.45, 2.75) is 35.9 Å². The van der Waals surface area contributed by atoms with Crippen LogP contribution in [0.25, 0.3) is 0 Å². The molecule has 0 radical (unpaired) electrons. The molecule has 2 rings (SSSR count). The van der Waals surface area contributed by atoms with Gasteiger partial charge in [-0.2, -0.15) is 0 Å². The van der Waals surface area contributed by atoms with Gasteiger partial charge in [0.1, 0.15) is 0 Å². The topological polar surface area (TPSA) is 18.5 Å². The minimum atomic E-state index is -7.21. The van der Waals surface area contributed by atoms with Crippen LogP contribution in [-0.2, 0) is 9.05 Å². The fourth-order valence-electron chi connectivity index (χ4n) is 3.22. The standard InChI is InChI=1S/C14H11F12O2P/c1-29(2,8-6-4-3-5-7-8)27-9(11(15,16)17,12(18,19)20)10(28-29,13(21,22)23)14(24,25)26/h3-7H,1-2H3. The molecule has 0 aromatic heterocycles. The van der Waals surface area contributed by atoms with Crippen LogP contribution in [0.3, 0.4) is 0 Å². The van der Waals surface area contributed by atoms with Gasteiger partial charge in [0.2, 0.25) is 0 Å². The molecule has 0 unspecified atom stereocenters. The molecule has 29 heavy (non-hydrogen) atoms. The minimum absolute atomic E-state index is 0.256. The maximum atomic E-state index is 13.6. The predicted octanol–water partition coefficient (Wildman–Crippen LogP) is 5.73. The summed E-state index contributed by atoms with van der Waals surface area (Å²) in [6.45, 7) is 0.513. The molecule has 1 aliphatic rings. The average Bonchev–Trinajstić information content (AvgIpc) is 2.76. The molecule has 1 fully saturated rings. The molecular formula is C14H11F12O2P. The van der Waals surface area contributed by atoms with E-state index >= 15 is 0 Å². The van der Waals surface area contributed by atoms with Crippen LogP contribution in [0.1, 0.15) is 0 Å². The Hall–Kier alpha value is -1.27. The van der Waals surface area contributed by atoms with E-state index in [1.54, 1.807) is 0 Å². The van der Waals surface area contributed by atoms with E-state index in [2.05, 4.69) is 9.05 Å². The molecule has 0 atom stereocenters. The van der Waals surface area contributed by atoms with Crippen LogP contribution in [0, 0.1) is 0 Å². The Bertz CT molecular complexity index is 703. The Morgan fingerprint density at radius 2 is 0.862 bits per heavy atom. The van der Waals surface area contributed by atoms with Gasteiger partial charge in [-0.15, -0.1) is 0 Å². The van der Waals surface area contributed by atoms with Gasteiger partial charge in [-0.1, -0.05) is 0 Å². The first-order chi connectivity index (χ1) is 12.6. The Morgan fingerprint density at radius 1 is 0.586 bits per heavy atom. The fraction of sp³-hybridized carbons (Fsp3) is 0.571. The molecule has 168 valence electrons. The van der Waals surface area contributed by atoms with Gasteiger partial charge < -0.3 is 0 Å². The van der Waals surface area contributed by atoms with Crippen molar-refractivity contribution in [3.8, 4) is 0 Å². The van der Waals surface area contributed by atoms with Crippen LogP contribution >= 0.6 is 7.06 Å². The van der Waals surface area contributed by atoms with Crippen molar-refractivity contribution in [3.05, 3.63) is 30.3 Å². The second-order valence-electron chi connectivity index (χ2n) is 6.75. The van der Waals surface area contributed by atoms with E-state index in [0.29, 0.717) is 0 Å². The summed E-state index contributed by atoms with van der Waals surface area (Å²) in [4.78, 5) is 0. The zero-order valence-electron chi connectivity index (χ0n) is 14.2. The molecule has 1 saturated heterocycles. The Balaban J connectivity index is 3.11.